The van der Waals surface area contributed by atoms with Gasteiger partial charge >= 0.3 is 0 Å². The average Bonchev–Trinajstić information content (AvgIpc) is 2.52. The third-order valence-electron chi connectivity index (χ3n) is 2.43. The molecule has 1 rings (SSSR count). The first-order chi connectivity index (χ1) is 7.03. The molecule has 1 N–H and O–H groups in total. The Hall–Kier alpha value is -0.380. The van der Waals surface area contributed by atoms with Crippen molar-refractivity contribution in [3.05, 3.63) is 12.2 Å². The summed E-state index contributed by atoms with van der Waals surface area (Å²) in [5, 5.41) is 9.59. The van der Waals surface area contributed by atoms with Crippen LogP contribution in [0.4, 0.5) is 0 Å². The summed E-state index contributed by atoms with van der Waals surface area (Å²) < 4.78 is 11.0. The molecule has 0 bridgehead atoms. The molecule has 3 heteroatoms. The topological polar surface area (TPSA) is 38.7 Å². The molecule has 0 amide bonds. The van der Waals surface area contributed by atoms with Crippen molar-refractivity contribution < 1.29 is 14.6 Å². The van der Waals surface area contributed by atoms with Gasteiger partial charge in [0.05, 0.1) is 12.7 Å². The molecule has 0 saturated carbocycles. The number of aliphatic hydroxyl groups excluding tert-OH is 1. The fraction of sp³-hybridized carbons (Fsp3) is 0.833. The van der Waals surface area contributed by atoms with Crippen LogP contribution >= 0.6 is 0 Å². The van der Waals surface area contributed by atoms with E-state index in [-0.39, 0.29) is 12.2 Å². The number of hydrogen-bond acceptors (Lipinski definition) is 3. The van der Waals surface area contributed by atoms with Crippen molar-refractivity contribution in [2.75, 3.05) is 6.61 Å². The molecule has 1 heterocycles. The maximum Gasteiger partial charge on any atom is 0.163 e. The fourth-order valence-corrected chi connectivity index (χ4v) is 1.57. The van der Waals surface area contributed by atoms with Gasteiger partial charge in [-0.05, 0) is 20.3 Å². The van der Waals surface area contributed by atoms with Crippen molar-refractivity contribution >= 4 is 0 Å². The normalized spacial score (nSPS) is 27.3. The Labute approximate surface area is 92.1 Å². The third kappa shape index (κ3) is 4.78. The second kappa shape index (κ2) is 5.64. The number of aliphatic hydroxyl groups is 1. The lowest BCUT2D eigenvalue weighted by molar-refractivity contribution is -0.133. The Morgan fingerprint density at radius 2 is 2.27 bits per heavy atom. The molecule has 1 aliphatic heterocycles. The van der Waals surface area contributed by atoms with Crippen LogP contribution in [0.5, 0.6) is 0 Å². The van der Waals surface area contributed by atoms with E-state index in [1.54, 1.807) is 0 Å². The molecule has 1 aliphatic rings. The van der Waals surface area contributed by atoms with E-state index in [4.69, 9.17) is 9.47 Å². The Bertz CT molecular complexity index is 211. The molecule has 2 atom stereocenters. The minimum absolute atomic E-state index is 0.0173. The molecule has 0 aromatic heterocycles. The Morgan fingerprint density at radius 1 is 1.53 bits per heavy atom. The van der Waals surface area contributed by atoms with Crippen LogP contribution in [0, 0.1) is 0 Å². The van der Waals surface area contributed by atoms with Crippen LogP contribution in [0.25, 0.3) is 0 Å². The maximum absolute atomic E-state index is 9.59. The lowest BCUT2D eigenvalue weighted by Gasteiger charge is -2.15. The summed E-state index contributed by atoms with van der Waals surface area (Å²) in [6, 6.07) is 0. The van der Waals surface area contributed by atoms with Gasteiger partial charge in [-0.2, -0.15) is 0 Å². The van der Waals surface area contributed by atoms with Crippen molar-refractivity contribution in [3.8, 4) is 0 Å². The molecule has 0 aliphatic carbocycles. The molecule has 0 aromatic rings. The van der Waals surface area contributed by atoms with Crippen molar-refractivity contribution in [1.29, 1.82) is 0 Å². The highest BCUT2D eigenvalue weighted by Crippen LogP contribution is 2.22. The molecular formula is C12H22O3. The lowest BCUT2D eigenvalue weighted by atomic mass is 10.1. The second-order valence-corrected chi connectivity index (χ2v) is 4.46. The summed E-state index contributed by atoms with van der Waals surface area (Å²) in [6.07, 6.45) is 6.33. The summed E-state index contributed by atoms with van der Waals surface area (Å²) in [4.78, 5) is 0. The minimum Gasteiger partial charge on any atom is -0.389 e. The highest BCUT2D eigenvalue weighted by molar-refractivity contribution is 4.96. The van der Waals surface area contributed by atoms with Crippen LogP contribution in [0.3, 0.4) is 0 Å². The summed E-state index contributed by atoms with van der Waals surface area (Å²) in [7, 11) is 0. The van der Waals surface area contributed by atoms with E-state index in [1.165, 1.54) is 0 Å². The molecule has 1 unspecified atom stereocenters. The van der Waals surface area contributed by atoms with Crippen LogP contribution in [0.1, 0.15) is 40.0 Å². The van der Waals surface area contributed by atoms with E-state index in [1.807, 2.05) is 26.0 Å². The van der Waals surface area contributed by atoms with Gasteiger partial charge < -0.3 is 14.6 Å². The molecule has 1 fully saturated rings. The Balaban J connectivity index is 2.26. The van der Waals surface area contributed by atoms with Crippen LogP contribution in [0.15, 0.2) is 12.2 Å². The lowest BCUT2D eigenvalue weighted by Crippen LogP contribution is -2.20. The zero-order valence-corrected chi connectivity index (χ0v) is 9.90. The summed E-state index contributed by atoms with van der Waals surface area (Å²) in [5.41, 5.74) is 0. The van der Waals surface area contributed by atoms with Crippen molar-refractivity contribution in [2.45, 2.75) is 58.0 Å². The molecule has 0 aromatic carbocycles. The van der Waals surface area contributed by atoms with Crippen LogP contribution in [0.2, 0.25) is 0 Å². The Morgan fingerprint density at radius 3 is 2.80 bits per heavy atom. The van der Waals surface area contributed by atoms with E-state index in [0.717, 1.165) is 19.3 Å². The van der Waals surface area contributed by atoms with Gasteiger partial charge in [-0.15, -0.1) is 0 Å². The van der Waals surface area contributed by atoms with Gasteiger partial charge in [-0.3, -0.25) is 0 Å². The number of unbranched alkanes of at least 4 members (excludes halogenated alkanes) is 1. The quantitative estimate of drug-likeness (QED) is 0.713. The minimum atomic E-state index is -0.483. The van der Waals surface area contributed by atoms with Crippen molar-refractivity contribution in [3.63, 3.8) is 0 Å². The standard InChI is InChI=1S/C12H22O3/c1-4-5-6-10(13)7-8-11-9-14-12(2,3)15-11/h7-8,10-11,13H,4-6,9H2,1-3H3/b8-7+/t10?,11-/m0/s1. The first-order valence-corrected chi connectivity index (χ1v) is 5.71. The number of hydrogen-bond donors (Lipinski definition) is 1. The van der Waals surface area contributed by atoms with Crippen LogP contribution < -0.4 is 0 Å². The van der Waals surface area contributed by atoms with E-state index < -0.39 is 5.79 Å². The maximum atomic E-state index is 9.59. The average molecular weight is 214 g/mol. The second-order valence-electron chi connectivity index (χ2n) is 4.46. The molecule has 1 saturated heterocycles. The molecular weight excluding hydrogens is 192 g/mol. The molecule has 3 nitrogen and oxygen atoms in total. The highest BCUT2D eigenvalue weighted by atomic mass is 16.7. The van der Waals surface area contributed by atoms with Gasteiger partial charge in [0.2, 0.25) is 0 Å². The molecule has 0 radical (unpaired) electrons. The number of ether oxygens (including phenoxy) is 2. The molecule has 0 spiro atoms. The van der Waals surface area contributed by atoms with E-state index in [2.05, 4.69) is 6.92 Å². The van der Waals surface area contributed by atoms with E-state index in [9.17, 15) is 5.11 Å². The van der Waals surface area contributed by atoms with E-state index in [0.29, 0.717) is 6.61 Å². The van der Waals surface area contributed by atoms with Crippen molar-refractivity contribution in [1.82, 2.24) is 0 Å². The fourth-order valence-electron chi connectivity index (χ4n) is 1.57. The van der Waals surface area contributed by atoms with Gasteiger partial charge in [0.15, 0.2) is 5.79 Å². The molecule has 15 heavy (non-hydrogen) atoms. The predicted octanol–water partition coefficient (Wildman–Crippen LogP) is 2.25. The zero-order chi connectivity index (χ0) is 11.3. The van der Waals surface area contributed by atoms with Gasteiger partial charge in [0.25, 0.3) is 0 Å². The first kappa shape index (κ1) is 12.7. The SMILES string of the molecule is CCCCC(O)/C=C/[C@H]1COC(C)(C)O1. The zero-order valence-electron chi connectivity index (χ0n) is 9.90. The summed E-state index contributed by atoms with van der Waals surface area (Å²) >= 11 is 0. The monoisotopic (exact) mass is 214 g/mol. The first-order valence-electron chi connectivity index (χ1n) is 5.71. The van der Waals surface area contributed by atoms with Gasteiger partial charge in [0, 0.05) is 0 Å². The van der Waals surface area contributed by atoms with Gasteiger partial charge in [-0.25, -0.2) is 0 Å². The van der Waals surface area contributed by atoms with E-state index >= 15 is 0 Å². The Kier molecular flexibility index (Phi) is 4.77. The molecule has 88 valence electrons. The predicted molar refractivity (Wildman–Crippen MR) is 59.6 cm³/mol. The van der Waals surface area contributed by atoms with Crippen molar-refractivity contribution in [2.24, 2.45) is 0 Å². The number of rotatable bonds is 5. The summed E-state index contributed by atoms with van der Waals surface area (Å²) in [5.74, 6) is -0.483. The third-order valence-corrected chi connectivity index (χ3v) is 2.43. The van der Waals surface area contributed by atoms with Crippen LogP contribution in [-0.2, 0) is 9.47 Å². The largest absolute Gasteiger partial charge is 0.389 e. The highest BCUT2D eigenvalue weighted by Gasteiger charge is 2.30. The van der Waals surface area contributed by atoms with Crippen LogP contribution in [-0.4, -0.2) is 29.7 Å². The smallest absolute Gasteiger partial charge is 0.163 e. The van der Waals surface area contributed by atoms with Gasteiger partial charge in [0.1, 0.15) is 6.10 Å². The summed E-state index contributed by atoms with van der Waals surface area (Å²) in [6.45, 7) is 6.49. The van der Waals surface area contributed by atoms with Gasteiger partial charge in [-0.1, -0.05) is 31.9 Å².